The third-order valence-electron chi connectivity index (χ3n) is 2.69. The number of hydrogen-bond acceptors (Lipinski definition) is 5. The third-order valence-corrected chi connectivity index (χ3v) is 3.87. The lowest BCUT2D eigenvalue weighted by molar-refractivity contribution is -0.117. The number of nitrogens with zero attached hydrogens (tertiary/aromatic N) is 1. The first kappa shape index (κ1) is 13.7. The smallest absolute Gasteiger partial charge is 0.208 e. The van der Waals surface area contributed by atoms with E-state index in [2.05, 4.69) is 38.3 Å². The molecule has 3 nitrogen and oxygen atoms in total. The van der Waals surface area contributed by atoms with E-state index in [1.165, 1.54) is 3.71 Å². The van der Waals surface area contributed by atoms with Gasteiger partial charge in [0.25, 0.3) is 0 Å². The second-order valence-corrected chi connectivity index (χ2v) is 5.70. The highest BCUT2D eigenvalue weighted by Crippen LogP contribution is 2.40. The molecule has 0 aromatic carbocycles. The van der Waals surface area contributed by atoms with Gasteiger partial charge in [-0.05, 0) is 26.7 Å². The molecule has 1 fully saturated rings. The molecule has 0 aliphatic heterocycles. The van der Waals surface area contributed by atoms with Crippen molar-refractivity contribution in [2.45, 2.75) is 50.9 Å². The van der Waals surface area contributed by atoms with Crippen molar-refractivity contribution in [2.75, 3.05) is 0 Å². The minimum Gasteiger partial charge on any atom is -0.375 e. The molecular formula is C9H17NO2S3. The fraction of sp³-hybridized carbons (Fsp3) is 0.889. The van der Waals surface area contributed by atoms with Crippen LogP contribution in [0.4, 0.5) is 0 Å². The maximum absolute atomic E-state index is 11.5. The van der Waals surface area contributed by atoms with Gasteiger partial charge >= 0.3 is 0 Å². The molecule has 0 heterocycles. The van der Waals surface area contributed by atoms with Crippen LogP contribution in [0.2, 0.25) is 0 Å². The van der Waals surface area contributed by atoms with Gasteiger partial charge in [-0.3, -0.25) is 4.79 Å². The van der Waals surface area contributed by atoms with Gasteiger partial charge in [0.05, 0.1) is 12.2 Å². The van der Waals surface area contributed by atoms with Crippen LogP contribution in [0.5, 0.6) is 0 Å². The normalized spacial score (nSPS) is 31.5. The SMILES string of the molecule is CC(C)OC1CCC(C(=O)S)(N(S)S)C1. The lowest BCUT2D eigenvalue weighted by atomic mass is 10.0. The highest BCUT2D eigenvalue weighted by atomic mass is 32.2. The highest BCUT2D eigenvalue weighted by molar-refractivity contribution is 7.97. The van der Waals surface area contributed by atoms with Crippen molar-refractivity contribution < 1.29 is 9.53 Å². The molecule has 0 radical (unpaired) electrons. The summed E-state index contributed by atoms with van der Waals surface area (Å²) in [4.78, 5) is 11.5. The van der Waals surface area contributed by atoms with Crippen LogP contribution < -0.4 is 0 Å². The van der Waals surface area contributed by atoms with Gasteiger partial charge in [0.2, 0.25) is 5.12 Å². The fourth-order valence-corrected chi connectivity index (χ4v) is 2.95. The van der Waals surface area contributed by atoms with Gasteiger partial charge in [-0.25, -0.2) is 0 Å². The van der Waals surface area contributed by atoms with E-state index in [0.29, 0.717) is 12.8 Å². The summed E-state index contributed by atoms with van der Waals surface area (Å²) in [6.07, 6.45) is 2.43. The van der Waals surface area contributed by atoms with Gasteiger partial charge < -0.3 is 4.74 Å². The zero-order chi connectivity index (χ0) is 11.6. The molecule has 1 rings (SSSR count). The molecule has 88 valence electrons. The number of ether oxygens (including phenoxy) is 1. The molecule has 1 aliphatic rings. The predicted molar refractivity (Wildman–Crippen MR) is 70.4 cm³/mol. The quantitative estimate of drug-likeness (QED) is 0.682. The summed E-state index contributed by atoms with van der Waals surface area (Å²) in [5.74, 6) is 0. The predicted octanol–water partition coefficient (Wildman–Crippen LogP) is 2.15. The van der Waals surface area contributed by atoms with Crippen molar-refractivity contribution in [3.8, 4) is 0 Å². The molecule has 0 bridgehead atoms. The van der Waals surface area contributed by atoms with Crippen molar-refractivity contribution in [2.24, 2.45) is 0 Å². The molecule has 0 N–H and O–H groups in total. The van der Waals surface area contributed by atoms with E-state index >= 15 is 0 Å². The number of thiol groups is 3. The molecule has 15 heavy (non-hydrogen) atoms. The van der Waals surface area contributed by atoms with E-state index in [4.69, 9.17) is 4.74 Å². The van der Waals surface area contributed by atoms with E-state index in [1.54, 1.807) is 0 Å². The standard InChI is InChI=1S/C9H17NO2S3/c1-6(2)12-7-3-4-9(5-7,8(11)13)10(14)15/h6-7,14-15H,3-5H2,1-2H3,(H,11,13). The lowest BCUT2D eigenvalue weighted by Gasteiger charge is -2.30. The Morgan fingerprint density at radius 3 is 2.47 bits per heavy atom. The number of carbonyl (C=O) groups is 1. The molecule has 0 saturated heterocycles. The Bertz CT molecular complexity index is 248. The van der Waals surface area contributed by atoms with E-state index in [1.807, 2.05) is 13.8 Å². The zero-order valence-corrected chi connectivity index (χ0v) is 11.6. The summed E-state index contributed by atoms with van der Waals surface area (Å²) in [7, 11) is 0. The summed E-state index contributed by atoms with van der Waals surface area (Å²) in [6.45, 7) is 3.98. The second kappa shape index (κ2) is 5.31. The Hall–Kier alpha value is 0.640. The number of rotatable bonds is 4. The zero-order valence-electron chi connectivity index (χ0n) is 8.88. The van der Waals surface area contributed by atoms with Crippen molar-refractivity contribution >= 4 is 43.4 Å². The highest BCUT2D eigenvalue weighted by Gasteiger charge is 2.47. The fourth-order valence-electron chi connectivity index (χ4n) is 1.94. The molecular weight excluding hydrogens is 250 g/mol. The van der Waals surface area contributed by atoms with Gasteiger partial charge in [-0.2, -0.15) is 3.71 Å². The van der Waals surface area contributed by atoms with Gasteiger partial charge in [0.1, 0.15) is 5.54 Å². The van der Waals surface area contributed by atoms with E-state index in [9.17, 15) is 4.79 Å². The molecule has 6 heteroatoms. The van der Waals surface area contributed by atoms with E-state index in [0.717, 1.165) is 6.42 Å². The van der Waals surface area contributed by atoms with Gasteiger partial charge in [-0.15, -0.1) is 12.6 Å². The lowest BCUT2D eigenvalue weighted by Crippen LogP contribution is -2.42. The van der Waals surface area contributed by atoms with Crippen LogP contribution >= 0.6 is 38.3 Å². The van der Waals surface area contributed by atoms with Crippen LogP contribution in [-0.4, -0.2) is 26.6 Å². The van der Waals surface area contributed by atoms with Gasteiger partial charge in [-0.1, -0.05) is 25.6 Å². The number of hydrogen-bond donors (Lipinski definition) is 3. The van der Waals surface area contributed by atoms with E-state index < -0.39 is 5.54 Å². The van der Waals surface area contributed by atoms with E-state index in [-0.39, 0.29) is 17.3 Å². The topological polar surface area (TPSA) is 29.5 Å². The first-order valence-electron chi connectivity index (χ1n) is 4.95. The van der Waals surface area contributed by atoms with Gasteiger partial charge in [0, 0.05) is 6.42 Å². The molecule has 0 amide bonds. The van der Waals surface area contributed by atoms with Crippen LogP contribution in [0.3, 0.4) is 0 Å². The number of carbonyl (C=O) groups excluding carboxylic acids is 1. The van der Waals surface area contributed by atoms with Crippen LogP contribution in [0.1, 0.15) is 33.1 Å². The van der Waals surface area contributed by atoms with Crippen molar-refractivity contribution in [1.82, 2.24) is 3.71 Å². The summed E-state index contributed by atoms with van der Waals surface area (Å²) in [5.41, 5.74) is -0.686. The van der Waals surface area contributed by atoms with Crippen LogP contribution in [0.15, 0.2) is 0 Å². The van der Waals surface area contributed by atoms with Crippen LogP contribution in [-0.2, 0) is 9.53 Å². The van der Waals surface area contributed by atoms with Crippen LogP contribution in [0.25, 0.3) is 0 Å². The van der Waals surface area contributed by atoms with Crippen LogP contribution in [0, 0.1) is 0 Å². The Morgan fingerprint density at radius 2 is 2.13 bits per heavy atom. The molecule has 2 unspecified atom stereocenters. The third kappa shape index (κ3) is 3.06. The minimum atomic E-state index is -0.686. The largest absolute Gasteiger partial charge is 0.375 e. The Balaban J connectivity index is 2.68. The average Bonchev–Trinajstić information content (AvgIpc) is 2.48. The second-order valence-electron chi connectivity index (χ2n) is 4.18. The Morgan fingerprint density at radius 1 is 1.53 bits per heavy atom. The first-order chi connectivity index (χ1) is 6.88. The van der Waals surface area contributed by atoms with Crippen molar-refractivity contribution in [3.05, 3.63) is 0 Å². The van der Waals surface area contributed by atoms with Crippen molar-refractivity contribution in [1.29, 1.82) is 0 Å². The molecule has 0 aromatic heterocycles. The maximum Gasteiger partial charge on any atom is 0.208 e. The van der Waals surface area contributed by atoms with Gasteiger partial charge in [0.15, 0.2) is 0 Å². The molecule has 1 saturated carbocycles. The summed E-state index contributed by atoms with van der Waals surface area (Å²) in [6, 6.07) is 0. The minimum absolute atomic E-state index is 0.0999. The molecule has 1 aliphatic carbocycles. The molecule has 2 atom stereocenters. The summed E-state index contributed by atoms with van der Waals surface area (Å²) >= 11 is 12.2. The molecule has 0 spiro atoms. The first-order valence-corrected chi connectivity index (χ1v) is 6.20. The summed E-state index contributed by atoms with van der Waals surface area (Å²) < 4.78 is 7.05. The Labute approximate surface area is 107 Å². The monoisotopic (exact) mass is 267 g/mol. The molecule has 0 aromatic rings. The van der Waals surface area contributed by atoms with Crippen molar-refractivity contribution in [3.63, 3.8) is 0 Å². The summed E-state index contributed by atoms with van der Waals surface area (Å²) in [5, 5.41) is -0.192. The Kier molecular flexibility index (Phi) is 4.85. The average molecular weight is 267 g/mol. The maximum atomic E-state index is 11.5.